The molecular formula is C23H28N4O7. The lowest BCUT2D eigenvalue weighted by Gasteiger charge is -2.37. The number of hydrogen-bond donors (Lipinski definition) is 0. The van der Waals surface area contributed by atoms with Gasteiger partial charge in [-0.05, 0) is 37.6 Å². The molecule has 0 atom stereocenters. The van der Waals surface area contributed by atoms with Crippen molar-refractivity contribution in [1.82, 2.24) is 14.9 Å². The van der Waals surface area contributed by atoms with Gasteiger partial charge in [0, 0.05) is 24.5 Å². The van der Waals surface area contributed by atoms with Crippen LogP contribution in [0, 0.1) is 0 Å². The van der Waals surface area contributed by atoms with Crippen LogP contribution >= 0.6 is 0 Å². The van der Waals surface area contributed by atoms with Gasteiger partial charge in [0.1, 0.15) is 0 Å². The maximum atomic E-state index is 13.1. The quantitative estimate of drug-likeness (QED) is 0.168. The minimum absolute atomic E-state index is 0.0448. The third-order valence-corrected chi connectivity index (χ3v) is 5.32. The zero-order chi connectivity index (χ0) is 24.5. The first-order valence-corrected chi connectivity index (χ1v) is 10.7. The van der Waals surface area contributed by atoms with Gasteiger partial charge in [-0.25, -0.2) is 14.6 Å². The molecular weight excluding hydrogens is 444 g/mol. The van der Waals surface area contributed by atoms with E-state index in [0.29, 0.717) is 22.9 Å². The Labute approximate surface area is 197 Å². The highest BCUT2D eigenvalue weighted by atomic mass is 16.6. The molecule has 11 nitrogen and oxygen atoms in total. The lowest BCUT2D eigenvalue weighted by Crippen LogP contribution is -2.52. The number of likely N-dealkylation sites (tertiary alicyclic amines) is 1. The van der Waals surface area contributed by atoms with Crippen LogP contribution in [0.4, 0.5) is 10.5 Å². The maximum absolute atomic E-state index is 13.1. The molecule has 2 heterocycles. The second-order valence-electron chi connectivity index (χ2n) is 7.47. The molecule has 0 bridgehead atoms. The summed E-state index contributed by atoms with van der Waals surface area (Å²) in [4.78, 5) is 41.8. The molecule has 2 aromatic rings. The number of anilines is 1. The minimum Gasteiger partial charge on any atom is -0.493 e. The van der Waals surface area contributed by atoms with Gasteiger partial charge < -0.3 is 18.9 Å². The third-order valence-electron chi connectivity index (χ3n) is 5.32. The van der Waals surface area contributed by atoms with Crippen LogP contribution in [0.5, 0.6) is 17.2 Å². The average molecular weight is 472 g/mol. The van der Waals surface area contributed by atoms with Gasteiger partial charge in [-0.3, -0.25) is 19.7 Å². The Morgan fingerprint density at radius 3 is 2.29 bits per heavy atom. The summed E-state index contributed by atoms with van der Waals surface area (Å²) in [6, 6.07) is 7.00. The molecule has 1 fully saturated rings. The first kappa shape index (κ1) is 24.8. The number of hydrogen-bond acceptors (Lipinski definition) is 10. The van der Waals surface area contributed by atoms with E-state index in [2.05, 4.69) is 9.88 Å². The van der Waals surface area contributed by atoms with E-state index in [9.17, 15) is 14.4 Å². The fourth-order valence-corrected chi connectivity index (χ4v) is 3.71. The van der Waals surface area contributed by atoms with E-state index >= 15 is 0 Å². The van der Waals surface area contributed by atoms with Crippen LogP contribution in [0.1, 0.15) is 18.4 Å². The molecule has 3 rings (SSSR count). The lowest BCUT2D eigenvalue weighted by molar-refractivity contribution is -0.144. The molecule has 0 radical (unpaired) electrons. The Balaban J connectivity index is 2.10. The SMILES string of the molecule is COc1cc(N(Cc2cccnc2)N(CN2CCCC2)C(=O)OC(=O)C=O)cc(OC)c1OC. The van der Waals surface area contributed by atoms with Crippen molar-refractivity contribution < 1.29 is 33.3 Å². The van der Waals surface area contributed by atoms with Crippen molar-refractivity contribution in [3.05, 3.63) is 42.2 Å². The van der Waals surface area contributed by atoms with Crippen LogP contribution in [0.2, 0.25) is 0 Å². The van der Waals surface area contributed by atoms with E-state index in [4.69, 9.17) is 18.9 Å². The summed E-state index contributed by atoms with van der Waals surface area (Å²) >= 11 is 0. The number of carbonyl (C=O) groups excluding carboxylic acids is 3. The number of aromatic nitrogens is 1. The number of methoxy groups -OCH3 is 3. The van der Waals surface area contributed by atoms with E-state index in [1.165, 1.54) is 26.3 Å². The Kier molecular flexibility index (Phi) is 8.63. The van der Waals surface area contributed by atoms with Crippen LogP contribution in [-0.4, -0.2) is 74.3 Å². The van der Waals surface area contributed by atoms with Crippen molar-refractivity contribution >= 4 is 24.0 Å². The van der Waals surface area contributed by atoms with Gasteiger partial charge in [0.15, 0.2) is 11.5 Å². The summed E-state index contributed by atoms with van der Waals surface area (Å²) in [5, 5.41) is 2.90. The lowest BCUT2D eigenvalue weighted by atomic mass is 10.2. The number of esters is 1. The van der Waals surface area contributed by atoms with Gasteiger partial charge in [0.25, 0.3) is 0 Å². The first-order valence-electron chi connectivity index (χ1n) is 10.7. The maximum Gasteiger partial charge on any atom is 0.438 e. The summed E-state index contributed by atoms with van der Waals surface area (Å²) in [7, 11) is 4.48. The molecule has 1 amide bonds. The number of amides is 1. The van der Waals surface area contributed by atoms with E-state index in [-0.39, 0.29) is 19.5 Å². The fourth-order valence-electron chi connectivity index (χ4n) is 3.71. The number of nitrogens with zero attached hydrogens (tertiary/aromatic N) is 4. The van der Waals surface area contributed by atoms with Crippen LogP contribution in [-0.2, 0) is 20.9 Å². The molecule has 0 spiro atoms. The minimum atomic E-state index is -1.28. The average Bonchev–Trinajstić information content (AvgIpc) is 3.38. The standard InChI is InChI=1S/C23H28N4O7/c1-31-19-11-18(12-20(32-2)22(19)33-3)26(14-17-7-6-8-24-13-17)27(16-25-9-4-5-10-25)23(30)34-21(29)15-28/h6-8,11-13,15H,4-5,9-10,14,16H2,1-3H3. The molecule has 1 aliphatic heterocycles. The number of pyridine rings is 1. The van der Waals surface area contributed by atoms with Crippen LogP contribution < -0.4 is 19.2 Å². The van der Waals surface area contributed by atoms with Crippen molar-refractivity contribution in [3.63, 3.8) is 0 Å². The number of rotatable bonds is 10. The second-order valence-corrected chi connectivity index (χ2v) is 7.47. The van der Waals surface area contributed by atoms with Gasteiger partial charge in [0.05, 0.1) is 40.2 Å². The predicted octanol–water partition coefficient (Wildman–Crippen LogP) is 2.25. The number of ether oxygens (including phenoxy) is 4. The molecule has 1 aromatic heterocycles. The van der Waals surface area contributed by atoms with Gasteiger partial charge in [-0.15, -0.1) is 0 Å². The normalized spacial score (nSPS) is 13.1. The molecule has 0 saturated carbocycles. The summed E-state index contributed by atoms with van der Waals surface area (Å²) in [5.74, 6) is -0.125. The van der Waals surface area contributed by atoms with Crippen LogP contribution in [0.25, 0.3) is 0 Å². The third kappa shape index (κ3) is 5.93. The van der Waals surface area contributed by atoms with Gasteiger partial charge in [0.2, 0.25) is 12.0 Å². The Hall–Kier alpha value is -3.86. The van der Waals surface area contributed by atoms with Crippen molar-refractivity contribution in [2.75, 3.05) is 46.1 Å². The van der Waals surface area contributed by atoms with E-state index < -0.39 is 12.1 Å². The molecule has 0 N–H and O–H groups in total. The summed E-state index contributed by atoms with van der Waals surface area (Å²) in [5.41, 5.74) is 1.30. The second kappa shape index (κ2) is 11.8. The summed E-state index contributed by atoms with van der Waals surface area (Å²) < 4.78 is 21.2. The topological polar surface area (TPSA) is 111 Å². The number of aldehydes is 1. The highest BCUT2D eigenvalue weighted by Crippen LogP contribution is 2.41. The fraction of sp³-hybridized carbons (Fsp3) is 0.391. The van der Waals surface area contributed by atoms with Crippen LogP contribution in [0.15, 0.2) is 36.7 Å². The Morgan fingerprint density at radius 2 is 1.76 bits per heavy atom. The van der Waals surface area contributed by atoms with Crippen molar-refractivity contribution in [2.24, 2.45) is 0 Å². The van der Waals surface area contributed by atoms with Crippen molar-refractivity contribution in [1.29, 1.82) is 0 Å². The zero-order valence-corrected chi connectivity index (χ0v) is 19.4. The van der Waals surface area contributed by atoms with E-state index in [1.54, 1.807) is 35.6 Å². The zero-order valence-electron chi connectivity index (χ0n) is 19.4. The van der Waals surface area contributed by atoms with E-state index in [1.807, 2.05) is 6.07 Å². The van der Waals surface area contributed by atoms with Gasteiger partial charge >= 0.3 is 12.1 Å². The van der Waals surface area contributed by atoms with Crippen LogP contribution in [0.3, 0.4) is 0 Å². The summed E-state index contributed by atoms with van der Waals surface area (Å²) in [6.45, 7) is 1.90. The monoisotopic (exact) mass is 472 g/mol. The predicted molar refractivity (Wildman–Crippen MR) is 122 cm³/mol. The molecule has 1 saturated heterocycles. The van der Waals surface area contributed by atoms with Gasteiger partial charge in [-0.1, -0.05) is 6.07 Å². The highest BCUT2D eigenvalue weighted by molar-refractivity contribution is 6.22. The van der Waals surface area contributed by atoms with E-state index in [0.717, 1.165) is 31.5 Å². The molecule has 1 aromatic carbocycles. The molecule has 34 heavy (non-hydrogen) atoms. The van der Waals surface area contributed by atoms with Crippen molar-refractivity contribution in [3.8, 4) is 17.2 Å². The molecule has 182 valence electrons. The largest absolute Gasteiger partial charge is 0.493 e. The first-order chi connectivity index (χ1) is 16.5. The highest BCUT2D eigenvalue weighted by Gasteiger charge is 2.30. The molecule has 11 heteroatoms. The molecule has 1 aliphatic rings. The smallest absolute Gasteiger partial charge is 0.438 e. The summed E-state index contributed by atoms with van der Waals surface area (Å²) in [6.07, 6.45) is 4.26. The number of benzene rings is 1. The number of carbonyl (C=O) groups is 3. The molecule has 0 aliphatic carbocycles. The van der Waals surface area contributed by atoms with Crippen molar-refractivity contribution in [2.45, 2.75) is 19.4 Å². The molecule has 0 unspecified atom stereocenters. The number of hydrazine groups is 1. The Bertz CT molecular complexity index is 971. The van der Waals surface area contributed by atoms with Gasteiger partial charge in [-0.2, -0.15) is 0 Å². The Morgan fingerprint density at radius 1 is 1.09 bits per heavy atom.